The van der Waals surface area contributed by atoms with Crippen LogP contribution >= 0.6 is 0 Å². The van der Waals surface area contributed by atoms with Gasteiger partial charge in [-0.25, -0.2) is 0 Å². The molecule has 39 heavy (non-hydrogen) atoms. The minimum Gasteiger partial charge on any atom is -0.480 e. The summed E-state index contributed by atoms with van der Waals surface area (Å²) in [6.45, 7) is 12.8. The van der Waals surface area contributed by atoms with Crippen molar-refractivity contribution in [3.05, 3.63) is 12.3 Å². The van der Waals surface area contributed by atoms with Crippen molar-refractivity contribution in [3.63, 3.8) is 0 Å². The average molecular weight is 549 g/mol. The largest absolute Gasteiger partial charge is 0.480 e. The third-order valence-electron chi connectivity index (χ3n) is 11.8. The monoisotopic (exact) mass is 548 g/mol. The van der Waals surface area contributed by atoms with Crippen molar-refractivity contribution < 1.29 is 30.0 Å². The average Bonchev–Trinajstić information content (AvgIpc) is 3.21. The Bertz CT molecular complexity index is 927. The first-order chi connectivity index (χ1) is 18.3. The number of fused-ring (bicyclic) bond motifs is 5. The molecule has 0 aliphatic heterocycles. The summed E-state index contributed by atoms with van der Waals surface area (Å²) in [5.74, 6) is 0.242. The maximum absolute atomic E-state index is 13.0. The molecule has 1 unspecified atom stereocenters. The predicted molar refractivity (Wildman–Crippen MR) is 149 cm³/mol. The number of carboxylic acids is 1. The van der Waals surface area contributed by atoms with Gasteiger partial charge in [0.25, 0.3) is 0 Å². The Labute approximate surface area is 234 Å². The lowest BCUT2D eigenvalue weighted by Gasteiger charge is -2.63. The van der Waals surface area contributed by atoms with Crippen molar-refractivity contribution in [2.75, 3.05) is 19.6 Å². The number of nitrogens with zero attached hydrogens (tertiary/aromatic N) is 1. The zero-order chi connectivity index (χ0) is 28.7. The molecule has 0 spiro atoms. The third kappa shape index (κ3) is 5.76. The Kier molecular flexibility index (Phi) is 9.09. The number of amides is 1. The van der Waals surface area contributed by atoms with E-state index in [0.717, 1.165) is 44.2 Å². The van der Waals surface area contributed by atoms with Crippen LogP contribution in [0.2, 0.25) is 0 Å². The molecule has 4 rings (SSSR count). The van der Waals surface area contributed by atoms with Crippen LogP contribution in [0.4, 0.5) is 0 Å². The molecule has 0 saturated heterocycles. The molecule has 4 aliphatic rings. The van der Waals surface area contributed by atoms with Crippen LogP contribution in [0.25, 0.3) is 0 Å². The van der Waals surface area contributed by atoms with Gasteiger partial charge in [0.2, 0.25) is 5.91 Å². The van der Waals surface area contributed by atoms with E-state index in [1.54, 1.807) is 0 Å². The number of hydrogen-bond acceptors (Lipinski definition) is 6. The number of carbonyl (C=O) groups is 2. The first-order valence-corrected chi connectivity index (χ1v) is 15.2. The van der Waals surface area contributed by atoms with E-state index in [1.807, 2.05) is 6.92 Å². The summed E-state index contributed by atoms with van der Waals surface area (Å²) in [5.41, 5.74) is 0.514. The molecule has 0 aromatic carbocycles. The number of rotatable bonds is 10. The highest BCUT2D eigenvalue weighted by atomic mass is 16.4. The van der Waals surface area contributed by atoms with Crippen LogP contribution < -0.4 is 5.32 Å². The van der Waals surface area contributed by atoms with Crippen molar-refractivity contribution in [1.82, 2.24) is 10.2 Å². The van der Waals surface area contributed by atoms with Crippen molar-refractivity contribution in [1.29, 1.82) is 0 Å². The van der Waals surface area contributed by atoms with E-state index in [0.29, 0.717) is 31.8 Å². The first kappa shape index (κ1) is 30.3. The zero-order valence-corrected chi connectivity index (χ0v) is 24.4. The standard InChI is InChI=1S/C31H52N2O6/c1-18(2)32-12-13-33(17-28(38)39)27(37)9-6-19(3)22-7-8-23-29-24(16-26(36)31(22,23)5)30(4)11-10-21(34)14-20(30)15-25(29)35/h19-26,29,32,34-36H,1,6-17H2,2-5H3,(H,38,39)/t19?,20-,21+,22+,23-,24-,25+,26-,29-,30-,31+/m0/s1. The normalized spacial score (nSPS) is 42.0. The van der Waals surface area contributed by atoms with E-state index in [9.17, 15) is 30.0 Å². The second kappa shape index (κ2) is 11.7. The molecule has 11 atom stereocenters. The molecule has 4 saturated carbocycles. The molecule has 5 N–H and O–H groups in total. The van der Waals surface area contributed by atoms with Gasteiger partial charge in [-0.3, -0.25) is 9.59 Å². The maximum atomic E-state index is 13.0. The smallest absolute Gasteiger partial charge is 0.323 e. The fourth-order valence-corrected chi connectivity index (χ4v) is 9.70. The summed E-state index contributed by atoms with van der Waals surface area (Å²) in [7, 11) is 0. The number of hydrogen-bond donors (Lipinski definition) is 5. The van der Waals surface area contributed by atoms with Gasteiger partial charge in [-0.05, 0) is 105 Å². The molecule has 8 nitrogen and oxygen atoms in total. The number of allylic oxidation sites excluding steroid dienone is 1. The minimum atomic E-state index is -1.02. The van der Waals surface area contributed by atoms with Gasteiger partial charge in [0.1, 0.15) is 6.54 Å². The van der Waals surface area contributed by atoms with Crippen LogP contribution in [0.1, 0.15) is 85.5 Å². The summed E-state index contributed by atoms with van der Waals surface area (Å²) >= 11 is 0. The van der Waals surface area contributed by atoms with Gasteiger partial charge in [-0.15, -0.1) is 0 Å². The van der Waals surface area contributed by atoms with Gasteiger partial charge in [-0.2, -0.15) is 0 Å². The summed E-state index contributed by atoms with van der Waals surface area (Å²) < 4.78 is 0. The number of aliphatic carboxylic acids is 1. The van der Waals surface area contributed by atoms with E-state index in [2.05, 4.69) is 32.7 Å². The van der Waals surface area contributed by atoms with Gasteiger partial charge in [-0.1, -0.05) is 27.4 Å². The second-order valence-corrected chi connectivity index (χ2v) is 14.0. The van der Waals surface area contributed by atoms with Crippen LogP contribution in [0.5, 0.6) is 0 Å². The van der Waals surface area contributed by atoms with Crippen LogP contribution in [-0.4, -0.2) is 75.1 Å². The minimum absolute atomic E-state index is 0.0498. The van der Waals surface area contributed by atoms with E-state index in [1.165, 1.54) is 4.90 Å². The highest BCUT2D eigenvalue weighted by Crippen LogP contribution is 2.68. The van der Waals surface area contributed by atoms with E-state index in [4.69, 9.17) is 0 Å². The van der Waals surface area contributed by atoms with Crippen LogP contribution in [0.3, 0.4) is 0 Å². The van der Waals surface area contributed by atoms with Gasteiger partial charge in [0.05, 0.1) is 18.3 Å². The van der Waals surface area contributed by atoms with Gasteiger partial charge < -0.3 is 30.6 Å². The first-order valence-electron chi connectivity index (χ1n) is 15.2. The Morgan fingerprint density at radius 2 is 1.79 bits per heavy atom. The molecule has 0 radical (unpaired) electrons. The molecule has 8 heteroatoms. The lowest BCUT2D eigenvalue weighted by atomic mass is 9.43. The summed E-state index contributed by atoms with van der Waals surface area (Å²) in [6, 6.07) is 0. The van der Waals surface area contributed by atoms with Crippen molar-refractivity contribution in [2.45, 2.75) is 104 Å². The van der Waals surface area contributed by atoms with Gasteiger partial charge in [0.15, 0.2) is 0 Å². The summed E-state index contributed by atoms with van der Waals surface area (Å²) in [4.78, 5) is 25.8. The van der Waals surface area contributed by atoms with E-state index < -0.39 is 18.2 Å². The molecule has 4 fully saturated rings. The maximum Gasteiger partial charge on any atom is 0.323 e. The van der Waals surface area contributed by atoms with Crippen LogP contribution in [0.15, 0.2) is 12.3 Å². The van der Waals surface area contributed by atoms with Crippen molar-refractivity contribution in [3.8, 4) is 0 Å². The fourth-order valence-electron chi connectivity index (χ4n) is 9.70. The Hall–Kier alpha value is -1.64. The predicted octanol–water partition coefficient (Wildman–Crippen LogP) is 3.40. The fraction of sp³-hybridized carbons (Fsp3) is 0.871. The molecule has 0 aromatic rings. The number of carboxylic acid groups (broad SMARTS) is 1. The van der Waals surface area contributed by atoms with E-state index in [-0.39, 0.29) is 65.4 Å². The Morgan fingerprint density at radius 3 is 2.46 bits per heavy atom. The molecule has 222 valence electrons. The lowest BCUT2D eigenvalue weighted by Crippen LogP contribution is -2.62. The Balaban J connectivity index is 1.44. The molecule has 1 amide bonds. The van der Waals surface area contributed by atoms with Gasteiger partial charge >= 0.3 is 5.97 Å². The molecule has 0 aromatic heterocycles. The number of aliphatic hydroxyl groups excluding tert-OH is 3. The topological polar surface area (TPSA) is 130 Å². The SMILES string of the molecule is C=C(C)NCCN(CC(=O)O)C(=O)CCC(C)[C@H]1CC[C@H]2[C@@H]3[C@H](O)C[C@@H]4C[C@H](O)CC[C@]4(C)[C@H]3C[C@H](O)[C@]12C. The lowest BCUT2D eigenvalue weighted by molar-refractivity contribution is -0.207. The highest BCUT2D eigenvalue weighted by Gasteiger charge is 2.65. The Morgan fingerprint density at radius 1 is 1.08 bits per heavy atom. The third-order valence-corrected chi connectivity index (χ3v) is 11.8. The molecule has 4 aliphatic carbocycles. The number of aliphatic hydroxyl groups is 3. The van der Waals surface area contributed by atoms with Crippen molar-refractivity contribution >= 4 is 11.9 Å². The highest BCUT2D eigenvalue weighted by molar-refractivity contribution is 5.81. The molecule has 0 heterocycles. The zero-order valence-electron chi connectivity index (χ0n) is 24.4. The molecular formula is C31H52N2O6. The summed E-state index contributed by atoms with van der Waals surface area (Å²) in [5, 5.41) is 45.9. The quantitative estimate of drug-likeness (QED) is 0.283. The summed E-state index contributed by atoms with van der Waals surface area (Å²) in [6.07, 6.45) is 5.71. The second-order valence-electron chi connectivity index (χ2n) is 14.0. The van der Waals surface area contributed by atoms with Crippen LogP contribution in [-0.2, 0) is 9.59 Å². The molecular weight excluding hydrogens is 496 g/mol. The van der Waals surface area contributed by atoms with Gasteiger partial charge in [0, 0.05) is 25.2 Å². The number of nitrogens with one attached hydrogen (secondary N) is 1. The van der Waals surface area contributed by atoms with Crippen molar-refractivity contribution in [2.24, 2.45) is 46.3 Å². The number of carbonyl (C=O) groups excluding carboxylic acids is 1. The van der Waals surface area contributed by atoms with Crippen LogP contribution in [0, 0.1) is 46.3 Å². The molecule has 0 bridgehead atoms. The van der Waals surface area contributed by atoms with E-state index >= 15 is 0 Å².